The molecule has 1 aliphatic rings. The summed E-state index contributed by atoms with van der Waals surface area (Å²) in [6.07, 6.45) is 4.61. The molecule has 1 fully saturated rings. The van der Waals surface area contributed by atoms with Gasteiger partial charge in [-0.15, -0.1) is 0 Å². The summed E-state index contributed by atoms with van der Waals surface area (Å²) >= 11 is 0. The SMILES string of the molecule is Cc1ccncc1N1CCN(C(=O)CCc2nc(C(C)C)no2)CC1. The molecule has 0 N–H and O–H groups in total. The molecule has 3 rings (SSSR count). The first-order valence-electron chi connectivity index (χ1n) is 8.80. The van der Waals surface area contributed by atoms with E-state index in [0.717, 1.165) is 31.9 Å². The lowest BCUT2D eigenvalue weighted by Gasteiger charge is -2.36. The van der Waals surface area contributed by atoms with Crippen molar-refractivity contribution < 1.29 is 9.32 Å². The summed E-state index contributed by atoms with van der Waals surface area (Å²) in [6, 6.07) is 2.02. The zero-order valence-corrected chi connectivity index (χ0v) is 15.1. The predicted molar refractivity (Wildman–Crippen MR) is 94.5 cm³/mol. The summed E-state index contributed by atoms with van der Waals surface area (Å²) in [5.41, 5.74) is 2.37. The Kier molecular flexibility index (Phi) is 5.31. The molecule has 0 radical (unpaired) electrons. The molecule has 2 aromatic rings. The largest absolute Gasteiger partial charge is 0.367 e. The molecule has 0 aromatic carbocycles. The number of amides is 1. The van der Waals surface area contributed by atoms with E-state index in [4.69, 9.17) is 4.52 Å². The van der Waals surface area contributed by atoms with Crippen molar-refractivity contribution in [2.75, 3.05) is 31.1 Å². The lowest BCUT2D eigenvalue weighted by molar-refractivity contribution is -0.131. The first-order valence-corrected chi connectivity index (χ1v) is 8.80. The average molecular weight is 343 g/mol. The van der Waals surface area contributed by atoms with Gasteiger partial charge in [-0.05, 0) is 18.6 Å². The molecule has 2 aromatic heterocycles. The summed E-state index contributed by atoms with van der Waals surface area (Å²) in [5.74, 6) is 1.62. The van der Waals surface area contributed by atoms with Gasteiger partial charge in [0, 0.05) is 51.1 Å². The maximum absolute atomic E-state index is 12.4. The van der Waals surface area contributed by atoms with Gasteiger partial charge in [0.05, 0.1) is 11.9 Å². The van der Waals surface area contributed by atoms with Gasteiger partial charge in [0.1, 0.15) is 0 Å². The van der Waals surface area contributed by atoms with E-state index < -0.39 is 0 Å². The number of carbonyl (C=O) groups excluding carboxylic acids is 1. The number of pyridine rings is 1. The molecule has 3 heterocycles. The second-order valence-corrected chi connectivity index (χ2v) is 6.73. The van der Waals surface area contributed by atoms with Crippen molar-refractivity contribution >= 4 is 11.6 Å². The number of rotatable bonds is 5. The van der Waals surface area contributed by atoms with Crippen molar-refractivity contribution in [1.29, 1.82) is 0 Å². The van der Waals surface area contributed by atoms with E-state index in [2.05, 4.69) is 26.9 Å². The Morgan fingerprint density at radius 3 is 2.68 bits per heavy atom. The van der Waals surface area contributed by atoms with E-state index in [1.165, 1.54) is 5.56 Å². The first kappa shape index (κ1) is 17.4. The highest BCUT2D eigenvalue weighted by Crippen LogP contribution is 2.20. The summed E-state index contributed by atoms with van der Waals surface area (Å²) < 4.78 is 5.20. The van der Waals surface area contributed by atoms with Crippen LogP contribution in [0.1, 0.15) is 43.5 Å². The molecule has 1 aliphatic heterocycles. The van der Waals surface area contributed by atoms with Gasteiger partial charge < -0.3 is 14.3 Å². The fourth-order valence-corrected chi connectivity index (χ4v) is 2.96. The molecule has 25 heavy (non-hydrogen) atoms. The third kappa shape index (κ3) is 4.15. The van der Waals surface area contributed by atoms with Gasteiger partial charge in [-0.3, -0.25) is 9.78 Å². The van der Waals surface area contributed by atoms with Crippen molar-refractivity contribution in [3.63, 3.8) is 0 Å². The number of piperazine rings is 1. The third-order valence-electron chi connectivity index (χ3n) is 4.54. The van der Waals surface area contributed by atoms with E-state index in [9.17, 15) is 4.79 Å². The normalized spacial score (nSPS) is 15.0. The molecular weight excluding hydrogens is 318 g/mol. The summed E-state index contributed by atoms with van der Waals surface area (Å²) in [4.78, 5) is 25.2. The van der Waals surface area contributed by atoms with Gasteiger partial charge in [-0.1, -0.05) is 19.0 Å². The van der Waals surface area contributed by atoms with E-state index in [0.29, 0.717) is 24.6 Å². The molecule has 0 saturated carbocycles. The van der Waals surface area contributed by atoms with Gasteiger partial charge in [-0.25, -0.2) is 0 Å². The monoisotopic (exact) mass is 343 g/mol. The van der Waals surface area contributed by atoms with Crippen molar-refractivity contribution in [3.05, 3.63) is 35.7 Å². The molecule has 0 bridgehead atoms. The van der Waals surface area contributed by atoms with Crippen LogP contribution in [0.4, 0.5) is 5.69 Å². The molecule has 134 valence electrons. The molecule has 0 aliphatic carbocycles. The number of hydrogen-bond acceptors (Lipinski definition) is 6. The van der Waals surface area contributed by atoms with Crippen LogP contribution in [-0.2, 0) is 11.2 Å². The van der Waals surface area contributed by atoms with Gasteiger partial charge in [0.25, 0.3) is 0 Å². The molecule has 7 heteroatoms. The Labute approximate surface area is 148 Å². The second-order valence-electron chi connectivity index (χ2n) is 6.73. The number of aromatic nitrogens is 3. The molecule has 1 saturated heterocycles. The van der Waals surface area contributed by atoms with Crippen LogP contribution in [0.25, 0.3) is 0 Å². The summed E-state index contributed by atoms with van der Waals surface area (Å²) in [6.45, 7) is 9.24. The van der Waals surface area contributed by atoms with Crippen LogP contribution in [0.2, 0.25) is 0 Å². The minimum atomic E-state index is 0.145. The highest BCUT2D eigenvalue weighted by molar-refractivity contribution is 5.76. The lowest BCUT2D eigenvalue weighted by Crippen LogP contribution is -2.49. The summed E-state index contributed by atoms with van der Waals surface area (Å²) in [5, 5.41) is 3.93. The second kappa shape index (κ2) is 7.63. The van der Waals surface area contributed by atoms with Crippen LogP contribution >= 0.6 is 0 Å². The minimum absolute atomic E-state index is 0.145. The molecule has 0 atom stereocenters. The zero-order chi connectivity index (χ0) is 17.8. The maximum Gasteiger partial charge on any atom is 0.227 e. The lowest BCUT2D eigenvalue weighted by atomic mass is 10.2. The number of carbonyl (C=O) groups is 1. The molecule has 0 unspecified atom stereocenters. The Bertz CT molecular complexity index is 720. The summed E-state index contributed by atoms with van der Waals surface area (Å²) in [7, 11) is 0. The van der Waals surface area contributed by atoms with Crippen molar-refractivity contribution in [3.8, 4) is 0 Å². The van der Waals surface area contributed by atoms with Crippen molar-refractivity contribution in [2.45, 2.75) is 39.5 Å². The Hall–Kier alpha value is -2.44. The van der Waals surface area contributed by atoms with E-state index in [1.807, 2.05) is 31.0 Å². The molecule has 0 spiro atoms. The Morgan fingerprint density at radius 1 is 1.28 bits per heavy atom. The van der Waals surface area contributed by atoms with E-state index in [-0.39, 0.29) is 11.8 Å². The highest BCUT2D eigenvalue weighted by atomic mass is 16.5. The van der Waals surface area contributed by atoms with Gasteiger partial charge in [0.2, 0.25) is 11.8 Å². The van der Waals surface area contributed by atoms with Crippen LogP contribution in [0.15, 0.2) is 23.0 Å². The third-order valence-corrected chi connectivity index (χ3v) is 4.54. The average Bonchev–Trinajstić information content (AvgIpc) is 3.10. The number of aryl methyl sites for hydroxylation is 2. The molecular formula is C18H25N5O2. The first-order chi connectivity index (χ1) is 12.0. The van der Waals surface area contributed by atoms with Crippen LogP contribution in [-0.4, -0.2) is 52.1 Å². The highest BCUT2D eigenvalue weighted by Gasteiger charge is 2.22. The molecule has 7 nitrogen and oxygen atoms in total. The Morgan fingerprint density at radius 2 is 2.04 bits per heavy atom. The van der Waals surface area contributed by atoms with Crippen LogP contribution in [0, 0.1) is 6.92 Å². The Balaban J connectivity index is 1.49. The quantitative estimate of drug-likeness (QED) is 0.828. The topological polar surface area (TPSA) is 75.4 Å². The molecule has 1 amide bonds. The van der Waals surface area contributed by atoms with Gasteiger partial charge in [0.15, 0.2) is 5.82 Å². The van der Waals surface area contributed by atoms with E-state index >= 15 is 0 Å². The smallest absolute Gasteiger partial charge is 0.227 e. The standard InChI is InChI=1S/C18H25N5O2/c1-13(2)18-20-16(25-21-18)4-5-17(24)23-10-8-22(9-11-23)15-12-19-7-6-14(15)3/h6-7,12-13H,4-5,8-11H2,1-3H3. The number of nitrogens with zero attached hydrogens (tertiary/aromatic N) is 5. The van der Waals surface area contributed by atoms with Crippen LogP contribution in [0.5, 0.6) is 0 Å². The predicted octanol–water partition coefficient (Wildman–Crippen LogP) is 2.18. The zero-order valence-electron chi connectivity index (χ0n) is 15.1. The van der Waals surface area contributed by atoms with Gasteiger partial charge >= 0.3 is 0 Å². The van der Waals surface area contributed by atoms with Crippen LogP contribution in [0.3, 0.4) is 0 Å². The van der Waals surface area contributed by atoms with Crippen LogP contribution < -0.4 is 4.90 Å². The number of hydrogen-bond donors (Lipinski definition) is 0. The maximum atomic E-state index is 12.4. The van der Waals surface area contributed by atoms with Gasteiger partial charge in [-0.2, -0.15) is 4.98 Å². The minimum Gasteiger partial charge on any atom is -0.367 e. The fourth-order valence-electron chi connectivity index (χ4n) is 2.96. The fraction of sp³-hybridized carbons (Fsp3) is 0.556. The number of anilines is 1. The van der Waals surface area contributed by atoms with E-state index in [1.54, 1.807) is 6.20 Å². The van der Waals surface area contributed by atoms with Crippen molar-refractivity contribution in [2.24, 2.45) is 0 Å². The van der Waals surface area contributed by atoms with Crippen molar-refractivity contribution in [1.82, 2.24) is 20.0 Å².